The molecule has 0 radical (unpaired) electrons. The lowest BCUT2D eigenvalue weighted by Crippen LogP contribution is -2.40. The summed E-state index contributed by atoms with van der Waals surface area (Å²) in [5.41, 5.74) is 1.98. The van der Waals surface area contributed by atoms with Crippen molar-refractivity contribution < 1.29 is 23.8 Å². The number of hydrogen-bond acceptors (Lipinski definition) is 8. The van der Waals surface area contributed by atoms with Crippen LogP contribution in [0.3, 0.4) is 0 Å². The van der Waals surface area contributed by atoms with Gasteiger partial charge in [-0.1, -0.05) is 38.9 Å². The first-order valence-corrected chi connectivity index (χ1v) is 14.0. The number of rotatable bonds is 6. The van der Waals surface area contributed by atoms with Crippen LogP contribution < -0.4 is 29.7 Å². The standard InChI is InChI=1S/C27H23BrClN3O6S/c1-5-37-19-10-14(16(28)11-18(19)36-4)22-20(26(35)38-6-2)12(3)30-27-32(22)25(34)23(39-27)21-15-9-13(29)7-8-17(15)31-24(21)33/h7-11,22H,5-6H2,1-4H3,(H,31,33)/b23-21-/t22-/m1/s1. The van der Waals surface area contributed by atoms with Gasteiger partial charge in [-0.25, -0.2) is 9.79 Å². The first-order valence-electron chi connectivity index (χ1n) is 12.0. The van der Waals surface area contributed by atoms with Crippen LogP contribution in [-0.4, -0.2) is 36.8 Å². The summed E-state index contributed by atoms with van der Waals surface area (Å²) < 4.78 is 18.8. The molecule has 2 aromatic carbocycles. The number of aromatic nitrogens is 1. The number of nitrogens with zero attached hydrogens (tertiary/aromatic N) is 2. The number of anilines is 1. The summed E-state index contributed by atoms with van der Waals surface area (Å²) >= 11 is 10.9. The Morgan fingerprint density at radius 2 is 1.95 bits per heavy atom. The number of fused-ring (bicyclic) bond motifs is 2. The third-order valence-corrected chi connectivity index (χ3v) is 8.30. The van der Waals surface area contributed by atoms with E-state index in [1.807, 2.05) is 6.92 Å². The van der Waals surface area contributed by atoms with Gasteiger partial charge in [0.25, 0.3) is 11.5 Å². The number of ether oxygens (including phenoxy) is 3. The predicted octanol–water partition coefficient (Wildman–Crippen LogP) is 3.94. The van der Waals surface area contributed by atoms with Crippen LogP contribution in [0.5, 0.6) is 11.5 Å². The van der Waals surface area contributed by atoms with Crippen LogP contribution in [0.4, 0.5) is 5.69 Å². The Balaban J connectivity index is 1.85. The fraction of sp³-hybridized carbons (Fsp3) is 0.259. The van der Waals surface area contributed by atoms with Gasteiger partial charge in [0.05, 0.1) is 43.2 Å². The van der Waals surface area contributed by atoms with Crippen molar-refractivity contribution in [3.8, 4) is 11.5 Å². The highest BCUT2D eigenvalue weighted by Crippen LogP contribution is 2.41. The number of amides is 1. The molecule has 1 aromatic heterocycles. The maximum absolute atomic E-state index is 14.1. The van der Waals surface area contributed by atoms with Crippen molar-refractivity contribution in [3.63, 3.8) is 0 Å². The molecule has 0 aliphatic carbocycles. The number of carbonyl (C=O) groups excluding carboxylic acids is 2. The van der Waals surface area contributed by atoms with Crippen molar-refractivity contribution in [2.45, 2.75) is 26.8 Å². The largest absolute Gasteiger partial charge is 0.493 e. The van der Waals surface area contributed by atoms with Gasteiger partial charge in [0.15, 0.2) is 16.3 Å². The van der Waals surface area contributed by atoms with Crippen LogP contribution >= 0.6 is 38.9 Å². The second kappa shape index (κ2) is 10.6. The van der Waals surface area contributed by atoms with Crippen molar-refractivity contribution in [1.82, 2.24) is 4.57 Å². The zero-order valence-electron chi connectivity index (χ0n) is 21.4. The van der Waals surface area contributed by atoms with E-state index in [1.165, 1.54) is 11.7 Å². The van der Waals surface area contributed by atoms with Gasteiger partial charge in [-0.15, -0.1) is 0 Å². The molecular weight excluding hydrogens is 610 g/mol. The number of benzene rings is 2. The van der Waals surface area contributed by atoms with E-state index in [0.717, 1.165) is 11.3 Å². The monoisotopic (exact) mass is 631 g/mol. The van der Waals surface area contributed by atoms with E-state index in [9.17, 15) is 14.4 Å². The molecule has 0 bridgehead atoms. The second-order valence-corrected chi connectivity index (χ2v) is 10.9. The van der Waals surface area contributed by atoms with Crippen molar-refractivity contribution in [1.29, 1.82) is 0 Å². The van der Waals surface area contributed by atoms with Crippen molar-refractivity contribution >= 4 is 62.0 Å². The first-order chi connectivity index (χ1) is 18.7. The van der Waals surface area contributed by atoms with Crippen molar-refractivity contribution in [3.05, 3.63) is 81.9 Å². The molecule has 1 atom stereocenters. The van der Waals surface area contributed by atoms with Crippen LogP contribution in [0.15, 0.2) is 55.9 Å². The summed E-state index contributed by atoms with van der Waals surface area (Å²) in [4.78, 5) is 45.4. The Morgan fingerprint density at radius 1 is 1.18 bits per heavy atom. The van der Waals surface area contributed by atoms with Gasteiger partial charge >= 0.3 is 5.97 Å². The van der Waals surface area contributed by atoms with Gasteiger partial charge in [0.1, 0.15) is 4.53 Å². The highest BCUT2D eigenvalue weighted by atomic mass is 79.9. The lowest BCUT2D eigenvalue weighted by Gasteiger charge is -2.26. The van der Waals surface area contributed by atoms with Crippen LogP contribution in [0, 0.1) is 0 Å². The van der Waals surface area contributed by atoms with Crippen LogP contribution in [-0.2, 0) is 14.3 Å². The zero-order chi connectivity index (χ0) is 28.0. The molecule has 0 saturated carbocycles. The Morgan fingerprint density at radius 3 is 2.64 bits per heavy atom. The third-order valence-electron chi connectivity index (χ3n) is 6.32. The van der Waals surface area contributed by atoms with E-state index in [0.29, 0.717) is 54.9 Å². The fourth-order valence-corrected chi connectivity index (χ4v) is 6.54. The van der Waals surface area contributed by atoms with Gasteiger partial charge in [-0.2, -0.15) is 0 Å². The van der Waals surface area contributed by atoms with Gasteiger partial charge in [-0.3, -0.25) is 14.2 Å². The molecule has 0 unspecified atom stereocenters. The third kappa shape index (κ3) is 4.58. The zero-order valence-corrected chi connectivity index (χ0v) is 24.5. The molecule has 0 fully saturated rings. The quantitative estimate of drug-likeness (QED) is 0.413. The average Bonchev–Trinajstić information content (AvgIpc) is 3.38. The molecule has 12 heteroatoms. The van der Waals surface area contributed by atoms with E-state index in [4.69, 9.17) is 25.8 Å². The summed E-state index contributed by atoms with van der Waals surface area (Å²) in [6, 6.07) is 7.53. The van der Waals surface area contributed by atoms with Crippen molar-refractivity contribution in [2.75, 3.05) is 25.6 Å². The molecule has 202 valence electrons. The first kappa shape index (κ1) is 27.2. The number of thiazole rings is 1. The lowest BCUT2D eigenvalue weighted by atomic mass is 9.95. The summed E-state index contributed by atoms with van der Waals surface area (Å²) in [6.45, 7) is 5.76. The Bertz CT molecular complexity index is 1760. The number of allylic oxidation sites excluding steroid dienone is 1. The van der Waals surface area contributed by atoms with Gasteiger partial charge in [0.2, 0.25) is 0 Å². The number of esters is 1. The molecule has 2 aliphatic rings. The lowest BCUT2D eigenvalue weighted by molar-refractivity contribution is -0.139. The normalized spacial score (nSPS) is 17.3. The number of methoxy groups -OCH3 is 1. The van der Waals surface area contributed by atoms with E-state index in [1.54, 1.807) is 44.2 Å². The summed E-state index contributed by atoms with van der Waals surface area (Å²) in [7, 11) is 1.53. The maximum Gasteiger partial charge on any atom is 0.338 e. The molecule has 3 heterocycles. The minimum absolute atomic E-state index is 0.141. The molecule has 39 heavy (non-hydrogen) atoms. The predicted molar refractivity (Wildman–Crippen MR) is 151 cm³/mol. The second-order valence-electron chi connectivity index (χ2n) is 8.60. The summed E-state index contributed by atoms with van der Waals surface area (Å²) in [5.74, 6) is -0.0888. The highest BCUT2D eigenvalue weighted by Gasteiger charge is 2.36. The van der Waals surface area contributed by atoms with Gasteiger partial charge in [-0.05, 0) is 56.7 Å². The van der Waals surface area contributed by atoms with E-state index < -0.39 is 23.5 Å². The molecule has 0 spiro atoms. The van der Waals surface area contributed by atoms with Crippen LogP contribution in [0.2, 0.25) is 5.02 Å². The van der Waals surface area contributed by atoms with E-state index in [2.05, 4.69) is 26.2 Å². The number of hydrogen-bond donors (Lipinski definition) is 1. The Hall–Kier alpha value is -3.41. The van der Waals surface area contributed by atoms with Crippen LogP contribution in [0.25, 0.3) is 5.57 Å². The van der Waals surface area contributed by atoms with Gasteiger partial charge in [0, 0.05) is 20.7 Å². The Labute approximate surface area is 240 Å². The minimum atomic E-state index is -0.919. The minimum Gasteiger partial charge on any atom is -0.493 e. The highest BCUT2D eigenvalue weighted by molar-refractivity contribution is 9.10. The van der Waals surface area contributed by atoms with Gasteiger partial charge < -0.3 is 19.5 Å². The molecular formula is C27H23BrClN3O6S. The van der Waals surface area contributed by atoms with E-state index >= 15 is 0 Å². The van der Waals surface area contributed by atoms with Crippen molar-refractivity contribution in [2.24, 2.45) is 4.99 Å². The average molecular weight is 633 g/mol. The maximum atomic E-state index is 14.1. The summed E-state index contributed by atoms with van der Waals surface area (Å²) in [6.07, 6.45) is 0. The number of nitrogens with one attached hydrogen (secondary N) is 1. The molecule has 9 nitrogen and oxygen atoms in total. The topological polar surface area (TPSA) is 108 Å². The molecule has 1 N–H and O–H groups in total. The number of halogens is 2. The van der Waals surface area contributed by atoms with E-state index in [-0.39, 0.29) is 22.3 Å². The SMILES string of the molecule is CCOC(=O)C1=C(C)N=c2s/c(=C3\C(=O)Nc4ccc(Cl)cc43)c(=O)n2[C@@H]1c1cc(OCC)c(OC)cc1Br. The number of carbonyl (C=O) groups is 2. The smallest absolute Gasteiger partial charge is 0.338 e. The van der Waals surface area contributed by atoms with Crippen LogP contribution in [0.1, 0.15) is 37.9 Å². The molecule has 3 aromatic rings. The Kier molecular flexibility index (Phi) is 7.41. The fourth-order valence-electron chi connectivity index (χ4n) is 4.69. The molecule has 2 aliphatic heterocycles. The molecule has 5 rings (SSSR count). The summed E-state index contributed by atoms with van der Waals surface area (Å²) in [5, 5.41) is 3.22. The molecule has 0 saturated heterocycles. The molecule has 1 amide bonds.